The number of carbonyl (C=O) groups excluding carboxylic acids is 2. The molecule has 100 valence electrons. The zero-order valence-electron chi connectivity index (χ0n) is 11.0. The molecule has 1 aliphatic heterocycles. The summed E-state index contributed by atoms with van der Waals surface area (Å²) in [6, 6.07) is 0. The number of hydrogen-bond donors (Lipinski definition) is 2. The average Bonchev–Trinajstić information content (AvgIpc) is 2.71. The normalized spacial score (nSPS) is 20.0. The molecule has 1 heterocycles. The highest BCUT2D eigenvalue weighted by molar-refractivity contribution is 6.25. The van der Waals surface area contributed by atoms with Gasteiger partial charge in [0.2, 0.25) is 0 Å². The van der Waals surface area contributed by atoms with E-state index in [0.717, 1.165) is 5.57 Å². The lowest BCUT2D eigenvalue weighted by molar-refractivity contribution is -0.117. The lowest BCUT2D eigenvalue weighted by Gasteiger charge is -1.95. The van der Waals surface area contributed by atoms with Crippen molar-refractivity contribution in [2.75, 3.05) is 6.54 Å². The van der Waals surface area contributed by atoms with Gasteiger partial charge in [-0.3, -0.25) is 9.59 Å². The SMILES string of the molecule is C/C=C/C=C/C=C(C)/C=C/C(O)=C1/C(=O)CNC1=O. The molecule has 1 rings (SSSR count). The van der Waals surface area contributed by atoms with Crippen LogP contribution in [-0.2, 0) is 9.59 Å². The number of carbonyl (C=O) groups is 2. The molecule has 0 spiro atoms. The Bertz CT molecular complexity index is 502. The minimum Gasteiger partial charge on any atom is -0.507 e. The van der Waals surface area contributed by atoms with Gasteiger partial charge < -0.3 is 10.4 Å². The molecule has 0 saturated carbocycles. The summed E-state index contributed by atoms with van der Waals surface area (Å²) in [5.41, 5.74) is 0.715. The molecule has 0 aromatic carbocycles. The van der Waals surface area contributed by atoms with E-state index in [-0.39, 0.29) is 23.7 Å². The summed E-state index contributed by atoms with van der Waals surface area (Å²) in [5, 5.41) is 12.1. The highest BCUT2D eigenvalue weighted by Crippen LogP contribution is 2.11. The third kappa shape index (κ3) is 4.43. The van der Waals surface area contributed by atoms with Crippen LogP contribution in [0.4, 0.5) is 0 Å². The summed E-state index contributed by atoms with van der Waals surface area (Å²) in [6.45, 7) is 3.73. The zero-order chi connectivity index (χ0) is 14.3. The van der Waals surface area contributed by atoms with Gasteiger partial charge in [0, 0.05) is 0 Å². The van der Waals surface area contributed by atoms with E-state index in [4.69, 9.17) is 0 Å². The van der Waals surface area contributed by atoms with Crippen LogP contribution in [0.1, 0.15) is 13.8 Å². The first kappa shape index (κ1) is 14.7. The smallest absolute Gasteiger partial charge is 0.259 e. The number of amides is 1. The summed E-state index contributed by atoms with van der Waals surface area (Å²) in [6.07, 6.45) is 12.4. The second-order valence-electron chi connectivity index (χ2n) is 4.02. The molecule has 1 aliphatic rings. The molecule has 1 saturated heterocycles. The summed E-state index contributed by atoms with van der Waals surface area (Å²) >= 11 is 0. The minimum atomic E-state index is -0.526. The van der Waals surface area contributed by atoms with Crippen molar-refractivity contribution in [1.82, 2.24) is 5.32 Å². The van der Waals surface area contributed by atoms with Crippen molar-refractivity contribution in [3.05, 3.63) is 59.4 Å². The Morgan fingerprint density at radius 2 is 1.95 bits per heavy atom. The Hall–Kier alpha value is -2.36. The van der Waals surface area contributed by atoms with Gasteiger partial charge in [-0.25, -0.2) is 0 Å². The molecule has 0 aliphatic carbocycles. The number of Topliss-reactive ketones (excluding diaryl/α,β-unsaturated/α-hetero) is 1. The van der Waals surface area contributed by atoms with Gasteiger partial charge in [0.25, 0.3) is 5.91 Å². The molecule has 4 nitrogen and oxygen atoms in total. The van der Waals surface area contributed by atoms with E-state index in [9.17, 15) is 14.7 Å². The summed E-state index contributed by atoms with van der Waals surface area (Å²) in [4.78, 5) is 22.6. The standard InChI is InChI=1S/C15H17NO3/c1-3-4-5-6-7-11(2)8-9-12(17)14-13(18)10-16-15(14)19/h3-9,17H,10H2,1-2H3,(H,16,19)/b4-3+,6-5+,9-8+,11-7+,14-12+. The minimum absolute atomic E-state index is 0.0486. The van der Waals surface area contributed by atoms with E-state index in [2.05, 4.69) is 5.32 Å². The van der Waals surface area contributed by atoms with Gasteiger partial charge >= 0.3 is 0 Å². The van der Waals surface area contributed by atoms with Gasteiger partial charge in [0.15, 0.2) is 5.78 Å². The second-order valence-corrected chi connectivity index (χ2v) is 4.02. The fourth-order valence-electron chi connectivity index (χ4n) is 1.45. The Kier molecular flexibility index (Phi) is 5.54. The lowest BCUT2D eigenvalue weighted by atomic mass is 10.1. The van der Waals surface area contributed by atoms with Crippen molar-refractivity contribution in [3.63, 3.8) is 0 Å². The maximum Gasteiger partial charge on any atom is 0.259 e. The number of ketones is 1. The van der Waals surface area contributed by atoms with Crippen molar-refractivity contribution in [1.29, 1.82) is 0 Å². The third-order valence-electron chi connectivity index (χ3n) is 2.45. The van der Waals surface area contributed by atoms with Crippen LogP contribution >= 0.6 is 0 Å². The number of hydrogen-bond acceptors (Lipinski definition) is 3. The van der Waals surface area contributed by atoms with Crippen molar-refractivity contribution >= 4 is 11.7 Å². The molecule has 0 aromatic heterocycles. The van der Waals surface area contributed by atoms with E-state index in [1.54, 1.807) is 6.08 Å². The summed E-state index contributed by atoms with van der Waals surface area (Å²) < 4.78 is 0. The Labute approximate surface area is 112 Å². The molecule has 0 unspecified atom stereocenters. The van der Waals surface area contributed by atoms with Gasteiger partial charge in [-0.2, -0.15) is 0 Å². The van der Waals surface area contributed by atoms with E-state index >= 15 is 0 Å². The Balaban J connectivity index is 2.78. The molecule has 1 amide bonds. The number of rotatable bonds is 4. The van der Waals surface area contributed by atoms with Gasteiger partial charge in [0.05, 0.1) is 6.54 Å². The van der Waals surface area contributed by atoms with E-state index in [1.807, 2.05) is 44.2 Å². The van der Waals surface area contributed by atoms with Crippen molar-refractivity contribution < 1.29 is 14.7 Å². The predicted molar refractivity (Wildman–Crippen MR) is 74.5 cm³/mol. The Morgan fingerprint density at radius 1 is 1.21 bits per heavy atom. The van der Waals surface area contributed by atoms with Crippen LogP contribution in [0.15, 0.2) is 59.4 Å². The van der Waals surface area contributed by atoms with Crippen LogP contribution in [0.5, 0.6) is 0 Å². The maximum absolute atomic E-state index is 11.3. The number of aliphatic hydroxyl groups is 1. The molecular formula is C15H17NO3. The number of nitrogens with one attached hydrogen (secondary N) is 1. The predicted octanol–water partition coefficient (Wildman–Crippen LogP) is 2.13. The molecule has 2 N–H and O–H groups in total. The van der Waals surface area contributed by atoms with Crippen LogP contribution < -0.4 is 5.32 Å². The van der Waals surface area contributed by atoms with E-state index in [0.29, 0.717) is 0 Å². The molecule has 0 aromatic rings. The summed E-state index contributed by atoms with van der Waals surface area (Å²) in [7, 11) is 0. The van der Waals surface area contributed by atoms with Crippen molar-refractivity contribution in [3.8, 4) is 0 Å². The molecule has 19 heavy (non-hydrogen) atoms. The van der Waals surface area contributed by atoms with Crippen LogP contribution in [-0.4, -0.2) is 23.3 Å². The highest BCUT2D eigenvalue weighted by Gasteiger charge is 2.28. The molecule has 4 heteroatoms. The van der Waals surface area contributed by atoms with Crippen molar-refractivity contribution in [2.45, 2.75) is 13.8 Å². The highest BCUT2D eigenvalue weighted by atomic mass is 16.3. The first-order chi connectivity index (χ1) is 9.06. The van der Waals surface area contributed by atoms with Crippen LogP contribution in [0.25, 0.3) is 0 Å². The van der Waals surface area contributed by atoms with Gasteiger partial charge in [-0.05, 0) is 19.9 Å². The van der Waals surface area contributed by atoms with Crippen LogP contribution in [0.3, 0.4) is 0 Å². The molecule has 0 radical (unpaired) electrons. The lowest BCUT2D eigenvalue weighted by Crippen LogP contribution is -2.14. The zero-order valence-corrected chi connectivity index (χ0v) is 11.0. The first-order valence-electron chi connectivity index (χ1n) is 5.95. The fourth-order valence-corrected chi connectivity index (χ4v) is 1.45. The van der Waals surface area contributed by atoms with Gasteiger partial charge in [-0.15, -0.1) is 0 Å². The van der Waals surface area contributed by atoms with Gasteiger partial charge in [0.1, 0.15) is 11.3 Å². The molecule has 1 fully saturated rings. The maximum atomic E-state index is 11.3. The molecule has 0 atom stereocenters. The average molecular weight is 259 g/mol. The number of aliphatic hydroxyl groups excluding tert-OH is 1. The first-order valence-corrected chi connectivity index (χ1v) is 5.95. The van der Waals surface area contributed by atoms with E-state index in [1.165, 1.54) is 6.08 Å². The quantitative estimate of drug-likeness (QED) is 0.352. The van der Waals surface area contributed by atoms with Crippen LogP contribution in [0, 0.1) is 0 Å². The monoisotopic (exact) mass is 259 g/mol. The summed E-state index contributed by atoms with van der Waals surface area (Å²) in [5.74, 6) is -1.21. The Morgan fingerprint density at radius 3 is 2.53 bits per heavy atom. The molecular weight excluding hydrogens is 242 g/mol. The van der Waals surface area contributed by atoms with E-state index < -0.39 is 5.91 Å². The largest absolute Gasteiger partial charge is 0.507 e. The number of allylic oxidation sites excluding steroid dienone is 8. The topological polar surface area (TPSA) is 66.4 Å². The van der Waals surface area contributed by atoms with Gasteiger partial charge in [-0.1, -0.05) is 42.0 Å². The second kappa shape index (κ2) is 7.16. The fraction of sp³-hybridized carbons (Fsp3) is 0.200. The third-order valence-corrected chi connectivity index (χ3v) is 2.45. The molecule has 0 bridgehead atoms. The van der Waals surface area contributed by atoms with Crippen molar-refractivity contribution in [2.24, 2.45) is 0 Å². The van der Waals surface area contributed by atoms with Crippen LogP contribution in [0.2, 0.25) is 0 Å².